The van der Waals surface area contributed by atoms with Crippen LogP contribution in [-0.2, 0) is 13.0 Å². The van der Waals surface area contributed by atoms with Crippen LogP contribution < -0.4 is 5.43 Å². The van der Waals surface area contributed by atoms with E-state index < -0.39 is 0 Å². The molecule has 5 nitrogen and oxygen atoms in total. The van der Waals surface area contributed by atoms with Crippen molar-refractivity contribution >= 4 is 29.1 Å². The quantitative estimate of drug-likeness (QED) is 0.604. The average Bonchev–Trinajstić information content (AvgIpc) is 2.70. The lowest BCUT2D eigenvalue weighted by molar-refractivity contribution is 0.0776. The topological polar surface area (TPSA) is 58.1 Å². The van der Waals surface area contributed by atoms with Gasteiger partial charge in [-0.15, -0.1) is 0 Å². The van der Waals surface area contributed by atoms with E-state index in [-0.39, 0.29) is 5.91 Å². The standard InChI is InChI=1S/C20H18Cl2N4O/c21-18-4-3-15(12-19(18)22)7-11-26(14-16-5-9-23-10-6-16)25-20(27)17-2-1-8-24-13-17/h1-6,8-10,12-13H,7,11,14H2,(H,25,27). The van der Waals surface area contributed by atoms with E-state index in [9.17, 15) is 4.79 Å². The van der Waals surface area contributed by atoms with Crippen LogP contribution >= 0.6 is 23.2 Å². The molecule has 2 heterocycles. The Hall–Kier alpha value is -2.47. The first kappa shape index (κ1) is 19.3. The van der Waals surface area contributed by atoms with Crippen molar-refractivity contribution in [1.29, 1.82) is 0 Å². The van der Waals surface area contributed by atoms with E-state index in [1.54, 1.807) is 43.0 Å². The molecule has 0 fully saturated rings. The summed E-state index contributed by atoms with van der Waals surface area (Å²) in [5.74, 6) is -0.203. The van der Waals surface area contributed by atoms with E-state index in [2.05, 4.69) is 15.4 Å². The van der Waals surface area contributed by atoms with Crippen molar-refractivity contribution in [2.45, 2.75) is 13.0 Å². The van der Waals surface area contributed by atoms with Crippen molar-refractivity contribution in [3.05, 3.63) is 94.0 Å². The smallest absolute Gasteiger partial charge is 0.267 e. The van der Waals surface area contributed by atoms with Gasteiger partial charge in [0.2, 0.25) is 0 Å². The van der Waals surface area contributed by atoms with Gasteiger partial charge in [0.1, 0.15) is 0 Å². The van der Waals surface area contributed by atoms with Crippen molar-refractivity contribution in [1.82, 2.24) is 20.4 Å². The van der Waals surface area contributed by atoms with Crippen LogP contribution in [0.5, 0.6) is 0 Å². The predicted molar refractivity (Wildman–Crippen MR) is 107 cm³/mol. The van der Waals surface area contributed by atoms with Gasteiger partial charge in [-0.2, -0.15) is 0 Å². The number of benzene rings is 1. The largest absolute Gasteiger partial charge is 0.284 e. The molecule has 1 aromatic carbocycles. The van der Waals surface area contributed by atoms with Crippen LogP contribution in [0.15, 0.2) is 67.3 Å². The number of carbonyl (C=O) groups is 1. The molecule has 3 rings (SSSR count). The second-order valence-corrected chi connectivity index (χ2v) is 6.77. The van der Waals surface area contributed by atoms with Crippen molar-refractivity contribution in [2.75, 3.05) is 6.54 Å². The van der Waals surface area contributed by atoms with E-state index in [0.29, 0.717) is 35.1 Å². The molecular weight excluding hydrogens is 383 g/mol. The molecule has 0 spiro atoms. The number of hydrazine groups is 1. The van der Waals surface area contributed by atoms with E-state index in [0.717, 1.165) is 11.1 Å². The molecule has 1 amide bonds. The summed E-state index contributed by atoms with van der Waals surface area (Å²) < 4.78 is 0. The number of amides is 1. The second-order valence-electron chi connectivity index (χ2n) is 5.96. The van der Waals surface area contributed by atoms with Gasteiger partial charge in [0.05, 0.1) is 15.6 Å². The van der Waals surface area contributed by atoms with Crippen LogP contribution in [-0.4, -0.2) is 27.4 Å². The molecule has 2 aromatic heterocycles. The molecule has 7 heteroatoms. The molecule has 0 atom stereocenters. The molecular formula is C20H18Cl2N4O. The maximum absolute atomic E-state index is 12.5. The molecule has 0 aliphatic rings. The van der Waals surface area contributed by atoms with Crippen molar-refractivity contribution in [3.8, 4) is 0 Å². The maximum Gasteiger partial charge on any atom is 0.267 e. The van der Waals surface area contributed by atoms with E-state index in [4.69, 9.17) is 23.2 Å². The zero-order chi connectivity index (χ0) is 19.1. The summed E-state index contributed by atoms with van der Waals surface area (Å²) in [4.78, 5) is 20.5. The average molecular weight is 401 g/mol. The Morgan fingerprint density at radius 1 is 0.963 bits per heavy atom. The lowest BCUT2D eigenvalue weighted by Gasteiger charge is -2.23. The molecule has 1 N–H and O–H groups in total. The molecule has 138 valence electrons. The maximum atomic E-state index is 12.5. The molecule has 0 bridgehead atoms. The monoisotopic (exact) mass is 400 g/mol. The van der Waals surface area contributed by atoms with E-state index in [1.165, 1.54) is 0 Å². The zero-order valence-corrected chi connectivity index (χ0v) is 16.0. The molecule has 0 unspecified atom stereocenters. The first-order chi connectivity index (χ1) is 13.1. The van der Waals surface area contributed by atoms with Crippen molar-refractivity contribution in [3.63, 3.8) is 0 Å². The zero-order valence-electron chi connectivity index (χ0n) is 14.5. The Kier molecular flexibility index (Phi) is 6.76. The number of halogens is 2. The van der Waals surface area contributed by atoms with Gasteiger partial charge in [-0.05, 0) is 53.9 Å². The van der Waals surface area contributed by atoms with Crippen LogP contribution in [0.1, 0.15) is 21.5 Å². The summed E-state index contributed by atoms with van der Waals surface area (Å²) in [6, 6.07) is 12.9. The molecule has 0 saturated carbocycles. The second kappa shape index (κ2) is 9.46. The lowest BCUT2D eigenvalue weighted by Crippen LogP contribution is -2.42. The Morgan fingerprint density at radius 3 is 2.48 bits per heavy atom. The highest BCUT2D eigenvalue weighted by atomic mass is 35.5. The summed E-state index contributed by atoms with van der Waals surface area (Å²) in [7, 11) is 0. The highest BCUT2D eigenvalue weighted by Crippen LogP contribution is 2.22. The third-order valence-corrected chi connectivity index (χ3v) is 4.70. The van der Waals surface area contributed by atoms with Crippen LogP contribution in [0.2, 0.25) is 10.0 Å². The van der Waals surface area contributed by atoms with Crippen LogP contribution in [0.3, 0.4) is 0 Å². The Balaban J connectivity index is 1.70. The highest BCUT2D eigenvalue weighted by Gasteiger charge is 2.13. The van der Waals surface area contributed by atoms with Gasteiger partial charge in [0, 0.05) is 37.9 Å². The molecule has 27 heavy (non-hydrogen) atoms. The normalized spacial score (nSPS) is 10.8. The minimum absolute atomic E-state index is 0.203. The minimum atomic E-state index is -0.203. The number of aromatic nitrogens is 2. The summed E-state index contributed by atoms with van der Waals surface area (Å²) >= 11 is 12.1. The van der Waals surface area contributed by atoms with Crippen LogP contribution in [0, 0.1) is 0 Å². The minimum Gasteiger partial charge on any atom is -0.284 e. The summed E-state index contributed by atoms with van der Waals surface area (Å²) in [5.41, 5.74) is 5.55. The molecule has 3 aromatic rings. The Labute approximate surface area is 167 Å². The summed E-state index contributed by atoms with van der Waals surface area (Å²) in [6.07, 6.45) is 7.34. The van der Waals surface area contributed by atoms with Gasteiger partial charge in [-0.25, -0.2) is 5.01 Å². The molecule has 0 aliphatic heterocycles. The fourth-order valence-corrected chi connectivity index (χ4v) is 2.87. The number of pyridine rings is 2. The summed E-state index contributed by atoms with van der Waals surface area (Å²) in [5, 5.41) is 2.92. The third-order valence-electron chi connectivity index (χ3n) is 3.96. The number of hydrogen-bond acceptors (Lipinski definition) is 4. The van der Waals surface area contributed by atoms with Gasteiger partial charge in [-0.3, -0.25) is 20.2 Å². The first-order valence-electron chi connectivity index (χ1n) is 8.40. The van der Waals surface area contributed by atoms with Gasteiger partial charge >= 0.3 is 0 Å². The van der Waals surface area contributed by atoms with Gasteiger partial charge < -0.3 is 0 Å². The predicted octanol–water partition coefficient (Wildman–Crippen LogP) is 4.17. The Morgan fingerprint density at radius 2 is 1.78 bits per heavy atom. The Bertz CT molecular complexity index is 891. The third kappa shape index (κ3) is 5.76. The van der Waals surface area contributed by atoms with E-state index in [1.807, 2.05) is 29.3 Å². The van der Waals surface area contributed by atoms with E-state index >= 15 is 0 Å². The number of nitrogens with zero attached hydrogens (tertiary/aromatic N) is 3. The molecule has 0 aliphatic carbocycles. The number of hydrogen-bond donors (Lipinski definition) is 1. The number of rotatable bonds is 7. The van der Waals surface area contributed by atoms with Crippen molar-refractivity contribution in [2.24, 2.45) is 0 Å². The highest BCUT2D eigenvalue weighted by molar-refractivity contribution is 6.42. The fourth-order valence-electron chi connectivity index (χ4n) is 2.55. The first-order valence-corrected chi connectivity index (χ1v) is 9.16. The molecule has 0 radical (unpaired) electrons. The number of nitrogens with one attached hydrogen (secondary N) is 1. The lowest BCUT2D eigenvalue weighted by atomic mass is 10.1. The molecule has 0 saturated heterocycles. The van der Waals surface area contributed by atoms with Crippen LogP contribution in [0.4, 0.5) is 0 Å². The van der Waals surface area contributed by atoms with Gasteiger partial charge in [-0.1, -0.05) is 29.3 Å². The fraction of sp³-hybridized carbons (Fsp3) is 0.150. The van der Waals surface area contributed by atoms with Gasteiger partial charge in [0.15, 0.2) is 0 Å². The number of carbonyl (C=O) groups excluding carboxylic acids is 1. The van der Waals surface area contributed by atoms with Crippen molar-refractivity contribution < 1.29 is 4.79 Å². The van der Waals surface area contributed by atoms with Crippen LogP contribution in [0.25, 0.3) is 0 Å². The SMILES string of the molecule is O=C(NN(CCc1ccc(Cl)c(Cl)c1)Cc1ccncc1)c1cccnc1. The summed E-state index contributed by atoms with van der Waals surface area (Å²) in [6.45, 7) is 1.15. The van der Waals surface area contributed by atoms with Gasteiger partial charge in [0.25, 0.3) is 5.91 Å².